The highest BCUT2D eigenvalue weighted by Gasteiger charge is 2.55. The van der Waals surface area contributed by atoms with Crippen LogP contribution in [0.2, 0.25) is 15.1 Å². The van der Waals surface area contributed by atoms with Crippen molar-refractivity contribution < 1.29 is 23.1 Å². The molecule has 2 aromatic rings. The van der Waals surface area contributed by atoms with E-state index >= 15 is 0 Å². The van der Waals surface area contributed by atoms with Crippen LogP contribution in [0.25, 0.3) is 0 Å². The molecular formula is C20H18Cl3F3N2O2. The van der Waals surface area contributed by atoms with Gasteiger partial charge < -0.3 is 15.7 Å². The molecule has 1 amide bonds. The maximum atomic E-state index is 13.7. The molecule has 0 radical (unpaired) electrons. The quantitative estimate of drug-likeness (QED) is 0.455. The van der Waals surface area contributed by atoms with Crippen molar-refractivity contribution in [2.75, 3.05) is 11.9 Å². The maximum Gasteiger partial charge on any atom is 0.423 e. The van der Waals surface area contributed by atoms with Crippen molar-refractivity contribution in [1.29, 1.82) is 0 Å². The Labute approximate surface area is 186 Å². The van der Waals surface area contributed by atoms with Crippen LogP contribution in [-0.4, -0.2) is 23.7 Å². The van der Waals surface area contributed by atoms with E-state index in [1.54, 1.807) is 24.3 Å². The first-order valence-corrected chi connectivity index (χ1v) is 10.2. The molecule has 0 aliphatic heterocycles. The minimum absolute atomic E-state index is 0.00716. The molecule has 0 aromatic heterocycles. The molecule has 4 nitrogen and oxygen atoms in total. The summed E-state index contributed by atoms with van der Waals surface area (Å²) < 4.78 is 41.2. The van der Waals surface area contributed by atoms with Gasteiger partial charge in [-0.05, 0) is 48.2 Å². The molecule has 0 bridgehead atoms. The summed E-state index contributed by atoms with van der Waals surface area (Å²) in [6.07, 6.45) is -3.20. The summed E-state index contributed by atoms with van der Waals surface area (Å²) in [7, 11) is 0. The number of nitrogens with one attached hydrogen (secondary N) is 2. The Balaban J connectivity index is 1.71. The molecule has 0 saturated heterocycles. The highest BCUT2D eigenvalue weighted by atomic mass is 35.5. The van der Waals surface area contributed by atoms with E-state index in [9.17, 15) is 23.1 Å². The molecule has 30 heavy (non-hydrogen) atoms. The molecule has 1 aliphatic carbocycles. The predicted octanol–water partition coefficient (Wildman–Crippen LogP) is 5.54. The van der Waals surface area contributed by atoms with Gasteiger partial charge in [-0.25, -0.2) is 0 Å². The molecule has 1 saturated carbocycles. The Morgan fingerprint density at radius 2 is 1.63 bits per heavy atom. The van der Waals surface area contributed by atoms with Gasteiger partial charge in [-0.2, -0.15) is 13.2 Å². The summed E-state index contributed by atoms with van der Waals surface area (Å²) in [6, 6.07) is 8.37. The summed E-state index contributed by atoms with van der Waals surface area (Å²) in [6.45, 7) is -0.535. The summed E-state index contributed by atoms with van der Waals surface area (Å²) in [4.78, 5) is 11.7. The SMILES string of the molecule is O=C(NCc1ccc(NC[C@@](O)(c2cc(Cl)c(Cl)c(Cl)c2)C(F)(F)F)cc1)C1CC1. The van der Waals surface area contributed by atoms with Crippen molar-refractivity contribution in [3.63, 3.8) is 0 Å². The maximum absolute atomic E-state index is 13.7. The van der Waals surface area contributed by atoms with Gasteiger partial charge in [0.25, 0.3) is 0 Å². The van der Waals surface area contributed by atoms with E-state index in [1.165, 1.54) is 0 Å². The van der Waals surface area contributed by atoms with Gasteiger partial charge in [0, 0.05) is 18.2 Å². The minimum Gasteiger partial charge on any atom is -0.381 e. The lowest BCUT2D eigenvalue weighted by Crippen LogP contribution is -2.47. The van der Waals surface area contributed by atoms with Crippen LogP contribution in [0.3, 0.4) is 0 Å². The van der Waals surface area contributed by atoms with Gasteiger partial charge in [0.2, 0.25) is 11.5 Å². The molecule has 3 N–H and O–H groups in total. The highest BCUT2D eigenvalue weighted by Crippen LogP contribution is 2.43. The van der Waals surface area contributed by atoms with E-state index < -0.39 is 23.9 Å². The second-order valence-corrected chi connectivity index (χ2v) is 8.35. The molecular weight excluding hydrogens is 464 g/mol. The van der Waals surface area contributed by atoms with Gasteiger partial charge in [0.05, 0.1) is 21.6 Å². The fourth-order valence-corrected chi connectivity index (χ4v) is 3.41. The minimum atomic E-state index is -5.01. The van der Waals surface area contributed by atoms with Crippen molar-refractivity contribution in [3.05, 3.63) is 62.6 Å². The zero-order valence-corrected chi connectivity index (χ0v) is 17.8. The number of carbonyl (C=O) groups excluding carboxylic acids is 1. The van der Waals surface area contributed by atoms with E-state index in [0.29, 0.717) is 12.2 Å². The fraction of sp³-hybridized carbons (Fsp3) is 0.350. The highest BCUT2D eigenvalue weighted by molar-refractivity contribution is 6.48. The van der Waals surface area contributed by atoms with Crippen LogP contribution in [0.1, 0.15) is 24.0 Å². The Bertz CT molecular complexity index is 911. The molecule has 10 heteroatoms. The third-order valence-electron chi connectivity index (χ3n) is 4.85. The predicted molar refractivity (Wildman–Crippen MR) is 111 cm³/mol. The largest absolute Gasteiger partial charge is 0.423 e. The van der Waals surface area contributed by atoms with Crippen molar-refractivity contribution >= 4 is 46.4 Å². The number of alkyl halides is 3. The summed E-state index contributed by atoms with van der Waals surface area (Å²) >= 11 is 17.5. The number of aliphatic hydroxyl groups is 1. The smallest absolute Gasteiger partial charge is 0.381 e. The van der Waals surface area contributed by atoms with Gasteiger partial charge >= 0.3 is 6.18 Å². The first-order valence-electron chi connectivity index (χ1n) is 9.06. The van der Waals surface area contributed by atoms with E-state index in [0.717, 1.165) is 30.5 Å². The summed E-state index contributed by atoms with van der Waals surface area (Å²) in [5.41, 5.74) is -2.61. The van der Waals surface area contributed by atoms with Crippen LogP contribution in [-0.2, 0) is 16.9 Å². The number of hydrogen-bond acceptors (Lipinski definition) is 3. The van der Waals surface area contributed by atoms with Gasteiger partial charge in [-0.3, -0.25) is 4.79 Å². The second-order valence-electron chi connectivity index (χ2n) is 7.15. The third-order valence-corrected chi connectivity index (χ3v) is 6.04. The molecule has 3 rings (SSSR count). The lowest BCUT2D eigenvalue weighted by molar-refractivity contribution is -0.260. The number of rotatable bonds is 7. The first kappa shape index (κ1) is 23.0. The van der Waals surface area contributed by atoms with Crippen LogP contribution >= 0.6 is 34.8 Å². The molecule has 0 unspecified atom stereocenters. The van der Waals surface area contributed by atoms with Crippen LogP contribution in [0.4, 0.5) is 18.9 Å². The normalized spacial score (nSPS) is 16.1. The number of hydrogen-bond donors (Lipinski definition) is 3. The molecule has 162 valence electrons. The average molecular weight is 482 g/mol. The molecule has 1 atom stereocenters. The number of anilines is 1. The van der Waals surface area contributed by atoms with Crippen LogP contribution < -0.4 is 10.6 Å². The van der Waals surface area contributed by atoms with E-state index in [4.69, 9.17) is 34.8 Å². The molecule has 2 aromatic carbocycles. The molecule has 1 fully saturated rings. The van der Waals surface area contributed by atoms with E-state index in [-0.39, 0.29) is 26.9 Å². The fourth-order valence-electron chi connectivity index (χ4n) is 2.81. The van der Waals surface area contributed by atoms with Gasteiger partial charge in [-0.15, -0.1) is 0 Å². The van der Waals surface area contributed by atoms with E-state index in [1.807, 2.05) is 0 Å². The Morgan fingerprint density at radius 3 is 2.13 bits per heavy atom. The lowest BCUT2D eigenvalue weighted by Gasteiger charge is -2.32. The zero-order chi connectivity index (χ0) is 22.1. The number of benzene rings is 2. The third kappa shape index (κ3) is 5.14. The van der Waals surface area contributed by atoms with Crippen molar-refractivity contribution in [2.24, 2.45) is 5.92 Å². The topological polar surface area (TPSA) is 61.4 Å². The summed E-state index contributed by atoms with van der Waals surface area (Å²) in [5, 5.41) is 15.4. The van der Waals surface area contributed by atoms with Crippen LogP contribution in [0, 0.1) is 5.92 Å². The summed E-state index contributed by atoms with van der Waals surface area (Å²) in [5.74, 6) is 0.105. The standard InChI is InChI=1S/C20H18Cl3F3N2O2/c21-15-7-13(8-16(22)17(15)23)19(30,20(24,25)26)10-28-14-5-1-11(2-6-14)9-27-18(29)12-3-4-12/h1-2,5-8,12,28,30H,3-4,9-10H2,(H,27,29)/t19-/m1/s1. The molecule has 0 spiro atoms. The Kier molecular flexibility index (Phi) is 6.77. The average Bonchev–Trinajstić information content (AvgIpc) is 3.53. The Morgan fingerprint density at radius 1 is 1.07 bits per heavy atom. The van der Waals surface area contributed by atoms with Gasteiger partial charge in [-0.1, -0.05) is 46.9 Å². The van der Waals surface area contributed by atoms with Crippen molar-refractivity contribution in [2.45, 2.75) is 31.2 Å². The van der Waals surface area contributed by atoms with Crippen LogP contribution in [0.15, 0.2) is 36.4 Å². The first-order chi connectivity index (χ1) is 14.0. The number of carbonyl (C=O) groups is 1. The van der Waals surface area contributed by atoms with Gasteiger partial charge in [0.1, 0.15) is 0 Å². The number of amides is 1. The Hall–Kier alpha value is -1.67. The second kappa shape index (κ2) is 8.83. The molecule has 0 heterocycles. The lowest BCUT2D eigenvalue weighted by atomic mass is 9.92. The monoisotopic (exact) mass is 480 g/mol. The number of halogens is 6. The zero-order valence-electron chi connectivity index (χ0n) is 15.5. The van der Waals surface area contributed by atoms with Crippen molar-refractivity contribution in [3.8, 4) is 0 Å². The van der Waals surface area contributed by atoms with Crippen LogP contribution in [0.5, 0.6) is 0 Å². The van der Waals surface area contributed by atoms with Gasteiger partial charge in [0.15, 0.2) is 0 Å². The van der Waals surface area contributed by atoms with E-state index in [2.05, 4.69) is 10.6 Å². The van der Waals surface area contributed by atoms with Crippen molar-refractivity contribution in [1.82, 2.24) is 5.32 Å². The molecule has 1 aliphatic rings.